The van der Waals surface area contributed by atoms with Crippen molar-refractivity contribution in [3.8, 4) is 17.1 Å². The molecule has 0 aliphatic rings. The second kappa shape index (κ2) is 7.96. The van der Waals surface area contributed by atoms with Crippen molar-refractivity contribution in [3.05, 3.63) is 58.4 Å². The predicted molar refractivity (Wildman–Crippen MR) is 99.6 cm³/mol. The van der Waals surface area contributed by atoms with Crippen LogP contribution in [0, 0.1) is 3.57 Å². The summed E-state index contributed by atoms with van der Waals surface area (Å²) in [4.78, 5) is 4.16. The molecular formula is C17H17IN4O. The normalized spacial score (nSPS) is 10.5. The zero-order chi connectivity index (χ0) is 15.9. The second-order valence-electron chi connectivity index (χ2n) is 5.00. The van der Waals surface area contributed by atoms with E-state index in [0.717, 1.165) is 35.8 Å². The van der Waals surface area contributed by atoms with Gasteiger partial charge in [-0.3, -0.25) is 5.10 Å². The van der Waals surface area contributed by atoms with E-state index in [0.29, 0.717) is 6.61 Å². The first-order valence-electron chi connectivity index (χ1n) is 7.39. The third kappa shape index (κ3) is 4.69. The first kappa shape index (κ1) is 15.8. The summed E-state index contributed by atoms with van der Waals surface area (Å²) in [5.41, 5.74) is 2.08. The molecule has 23 heavy (non-hydrogen) atoms. The SMILES string of the molecule is Ic1cccc(OCCCNc2cccc(-c3ncn[nH]3)c2)c1. The van der Waals surface area contributed by atoms with Crippen molar-refractivity contribution >= 4 is 28.3 Å². The van der Waals surface area contributed by atoms with Gasteiger partial charge in [-0.15, -0.1) is 0 Å². The summed E-state index contributed by atoms with van der Waals surface area (Å²) >= 11 is 2.28. The van der Waals surface area contributed by atoms with E-state index >= 15 is 0 Å². The van der Waals surface area contributed by atoms with Gasteiger partial charge in [-0.05, 0) is 59.3 Å². The molecule has 3 rings (SSSR count). The van der Waals surface area contributed by atoms with E-state index in [4.69, 9.17) is 4.74 Å². The molecule has 2 aromatic carbocycles. The fraction of sp³-hybridized carbons (Fsp3) is 0.176. The topological polar surface area (TPSA) is 62.8 Å². The van der Waals surface area contributed by atoms with Gasteiger partial charge in [0.25, 0.3) is 0 Å². The minimum Gasteiger partial charge on any atom is -0.493 e. The van der Waals surface area contributed by atoms with Crippen molar-refractivity contribution in [1.82, 2.24) is 15.2 Å². The highest BCUT2D eigenvalue weighted by atomic mass is 127. The largest absolute Gasteiger partial charge is 0.493 e. The Morgan fingerprint density at radius 3 is 2.87 bits per heavy atom. The van der Waals surface area contributed by atoms with Gasteiger partial charge in [0.05, 0.1) is 6.61 Å². The summed E-state index contributed by atoms with van der Waals surface area (Å²) in [5.74, 6) is 1.69. The molecule has 118 valence electrons. The van der Waals surface area contributed by atoms with Crippen molar-refractivity contribution in [2.75, 3.05) is 18.5 Å². The summed E-state index contributed by atoms with van der Waals surface area (Å²) in [6.45, 7) is 1.54. The van der Waals surface area contributed by atoms with Crippen LogP contribution in [0.4, 0.5) is 5.69 Å². The Balaban J connectivity index is 1.45. The van der Waals surface area contributed by atoms with Gasteiger partial charge in [-0.2, -0.15) is 5.10 Å². The van der Waals surface area contributed by atoms with Crippen LogP contribution in [0.2, 0.25) is 0 Å². The number of ether oxygens (including phenoxy) is 1. The van der Waals surface area contributed by atoms with E-state index in [2.05, 4.69) is 55.2 Å². The molecule has 5 nitrogen and oxygen atoms in total. The number of aromatic amines is 1. The van der Waals surface area contributed by atoms with E-state index in [-0.39, 0.29) is 0 Å². The van der Waals surface area contributed by atoms with Gasteiger partial charge < -0.3 is 10.1 Å². The number of halogens is 1. The molecule has 0 amide bonds. The fourth-order valence-electron chi connectivity index (χ4n) is 2.17. The van der Waals surface area contributed by atoms with Crippen LogP contribution in [0.25, 0.3) is 11.4 Å². The van der Waals surface area contributed by atoms with E-state index in [9.17, 15) is 0 Å². The molecule has 3 aromatic rings. The van der Waals surface area contributed by atoms with Crippen LogP contribution in [0.3, 0.4) is 0 Å². The number of nitrogens with one attached hydrogen (secondary N) is 2. The van der Waals surface area contributed by atoms with Gasteiger partial charge in [-0.25, -0.2) is 4.98 Å². The number of anilines is 1. The van der Waals surface area contributed by atoms with Crippen molar-refractivity contribution in [2.24, 2.45) is 0 Å². The lowest BCUT2D eigenvalue weighted by Crippen LogP contribution is -2.07. The Morgan fingerprint density at radius 2 is 2.04 bits per heavy atom. The first-order chi connectivity index (χ1) is 11.3. The zero-order valence-corrected chi connectivity index (χ0v) is 14.7. The molecule has 0 spiro atoms. The first-order valence-corrected chi connectivity index (χ1v) is 8.47. The van der Waals surface area contributed by atoms with Crippen LogP contribution < -0.4 is 10.1 Å². The standard InChI is InChI=1S/C17H17IN4O/c18-14-5-2-7-16(11-14)23-9-3-8-19-15-6-1-4-13(10-15)17-20-12-21-22-17/h1-2,4-7,10-12,19H,3,8-9H2,(H,20,21,22). The molecule has 0 unspecified atom stereocenters. The number of nitrogens with zero attached hydrogens (tertiary/aromatic N) is 2. The smallest absolute Gasteiger partial charge is 0.155 e. The summed E-state index contributed by atoms with van der Waals surface area (Å²) in [6, 6.07) is 16.2. The maximum Gasteiger partial charge on any atom is 0.155 e. The third-order valence-corrected chi connectivity index (χ3v) is 3.94. The van der Waals surface area contributed by atoms with Crippen LogP contribution >= 0.6 is 22.6 Å². The lowest BCUT2D eigenvalue weighted by Gasteiger charge is -2.09. The third-order valence-electron chi connectivity index (χ3n) is 3.27. The molecule has 6 heteroatoms. The molecule has 0 fully saturated rings. The maximum absolute atomic E-state index is 5.74. The van der Waals surface area contributed by atoms with Gasteiger partial charge >= 0.3 is 0 Å². The number of aromatic nitrogens is 3. The molecular weight excluding hydrogens is 403 g/mol. The van der Waals surface area contributed by atoms with E-state index < -0.39 is 0 Å². The molecule has 0 aliphatic carbocycles. The van der Waals surface area contributed by atoms with Gasteiger partial charge in [0.2, 0.25) is 0 Å². The van der Waals surface area contributed by atoms with Gasteiger partial charge in [0, 0.05) is 21.4 Å². The Labute approximate surface area is 148 Å². The van der Waals surface area contributed by atoms with Crippen LogP contribution in [0.5, 0.6) is 5.75 Å². The molecule has 0 saturated carbocycles. The second-order valence-corrected chi connectivity index (χ2v) is 6.25. The Kier molecular flexibility index (Phi) is 5.46. The van der Waals surface area contributed by atoms with Crippen molar-refractivity contribution in [1.29, 1.82) is 0 Å². The van der Waals surface area contributed by atoms with Crippen LogP contribution in [-0.2, 0) is 0 Å². The number of hydrogen-bond acceptors (Lipinski definition) is 4. The minimum absolute atomic E-state index is 0.689. The van der Waals surface area contributed by atoms with E-state index in [1.54, 1.807) is 0 Å². The van der Waals surface area contributed by atoms with E-state index in [1.807, 2.05) is 36.4 Å². The fourth-order valence-corrected chi connectivity index (χ4v) is 2.69. The van der Waals surface area contributed by atoms with Crippen molar-refractivity contribution in [3.63, 3.8) is 0 Å². The molecule has 2 N–H and O–H groups in total. The lowest BCUT2D eigenvalue weighted by molar-refractivity contribution is 0.315. The number of hydrogen-bond donors (Lipinski definition) is 2. The van der Waals surface area contributed by atoms with Crippen LogP contribution in [-0.4, -0.2) is 28.3 Å². The summed E-state index contributed by atoms with van der Waals surface area (Å²) in [7, 11) is 0. The van der Waals surface area contributed by atoms with Crippen LogP contribution in [0.1, 0.15) is 6.42 Å². The molecule has 1 heterocycles. The van der Waals surface area contributed by atoms with Crippen LogP contribution in [0.15, 0.2) is 54.9 Å². The number of H-pyrrole nitrogens is 1. The predicted octanol–water partition coefficient (Wildman–Crippen LogP) is 3.96. The van der Waals surface area contributed by atoms with Crippen molar-refractivity contribution < 1.29 is 4.74 Å². The Morgan fingerprint density at radius 1 is 1.13 bits per heavy atom. The summed E-state index contributed by atoms with van der Waals surface area (Å²) < 4.78 is 6.92. The molecule has 1 aromatic heterocycles. The lowest BCUT2D eigenvalue weighted by atomic mass is 10.2. The highest BCUT2D eigenvalue weighted by Gasteiger charge is 2.01. The molecule has 0 radical (unpaired) electrons. The highest BCUT2D eigenvalue weighted by Crippen LogP contribution is 2.18. The Bertz CT molecular complexity index is 746. The van der Waals surface area contributed by atoms with E-state index in [1.165, 1.54) is 9.90 Å². The highest BCUT2D eigenvalue weighted by molar-refractivity contribution is 14.1. The minimum atomic E-state index is 0.689. The molecule has 0 atom stereocenters. The molecule has 0 aliphatic heterocycles. The van der Waals surface area contributed by atoms with Gasteiger partial charge in [0.1, 0.15) is 12.1 Å². The number of benzene rings is 2. The van der Waals surface area contributed by atoms with Crippen molar-refractivity contribution in [2.45, 2.75) is 6.42 Å². The maximum atomic E-state index is 5.74. The molecule has 0 bridgehead atoms. The van der Waals surface area contributed by atoms with Gasteiger partial charge in [-0.1, -0.05) is 18.2 Å². The van der Waals surface area contributed by atoms with Gasteiger partial charge in [0.15, 0.2) is 5.82 Å². The zero-order valence-electron chi connectivity index (χ0n) is 12.5. The summed E-state index contributed by atoms with van der Waals surface area (Å²) in [5, 5.41) is 10.1. The average molecular weight is 420 g/mol. The monoisotopic (exact) mass is 420 g/mol. The average Bonchev–Trinajstić information content (AvgIpc) is 3.09. The Hall–Kier alpha value is -2.09. The summed E-state index contributed by atoms with van der Waals surface area (Å²) in [6.07, 6.45) is 2.44. The number of rotatable bonds is 7. The molecule has 0 saturated heterocycles. The quantitative estimate of drug-likeness (QED) is 0.449.